The van der Waals surface area contributed by atoms with Crippen LogP contribution in [0.3, 0.4) is 0 Å². The van der Waals surface area contributed by atoms with Gasteiger partial charge in [0.1, 0.15) is 12.9 Å². The molecule has 0 fully saturated rings. The first-order valence-electron chi connectivity index (χ1n) is 7.58. The zero-order valence-corrected chi connectivity index (χ0v) is 12.3. The predicted octanol–water partition coefficient (Wildman–Crippen LogP) is 2.72. The van der Waals surface area contributed by atoms with Crippen molar-refractivity contribution in [2.45, 2.75) is 64.4 Å². The van der Waals surface area contributed by atoms with Crippen LogP contribution in [0.1, 0.15) is 58.3 Å². The molecular formula is C15H30O4. The molecule has 0 saturated carbocycles. The standard InChI is InChI=1S/C15H30O4/c1-2-18-12-7-3-5-9-15(17)10-6-4-8-13-19-14-11-16/h11,15,17H,2-10,12-14H2,1H3. The Labute approximate surface area is 117 Å². The topological polar surface area (TPSA) is 55.8 Å². The molecule has 0 rings (SSSR count). The van der Waals surface area contributed by atoms with E-state index in [9.17, 15) is 9.90 Å². The van der Waals surface area contributed by atoms with E-state index in [0.717, 1.165) is 70.9 Å². The van der Waals surface area contributed by atoms with Crippen molar-refractivity contribution < 1.29 is 19.4 Å². The molecule has 0 spiro atoms. The van der Waals surface area contributed by atoms with Crippen LogP contribution in [0.15, 0.2) is 0 Å². The summed E-state index contributed by atoms with van der Waals surface area (Å²) < 4.78 is 10.3. The number of aliphatic hydroxyl groups is 1. The van der Waals surface area contributed by atoms with Crippen LogP contribution in [-0.4, -0.2) is 43.9 Å². The van der Waals surface area contributed by atoms with Crippen molar-refractivity contribution >= 4 is 6.29 Å². The molecule has 0 heterocycles. The van der Waals surface area contributed by atoms with Gasteiger partial charge in [0, 0.05) is 19.8 Å². The Kier molecular flexibility index (Phi) is 15.2. The molecule has 1 unspecified atom stereocenters. The van der Waals surface area contributed by atoms with Gasteiger partial charge in [-0.3, -0.25) is 0 Å². The lowest BCUT2D eigenvalue weighted by Crippen LogP contribution is -2.06. The Morgan fingerprint density at radius 2 is 1.53 bits per heavy atom. The van der Waals surface area contributed by atoms with E-state index in [-0.39, 0.29) is 12.7 Å². The summed E-state index contributed by atoms with van der Waals surface area (Å²) in [6.07, 6.45) is 8.74. The van der Waals surface area contributed by atoms with Gasteiger partial charge in [0.05, 0.1) is 6.10 Å². The second-order valence-electron chi connectivity index (χ2n) is 4.79. The largest absolute Gasteiger partial charge is 0.393 e. The zero-order chi connectivity index (χ0) is 14.2. The number of carbonyl (C=O) groups excluding carboxylic acids is 1. The highest BCUT2D eigenvalue weighted by molar-refractivity contribution is 5.50. The molecule has 19 heavy (non-hydrogen) atoms. The van der Waals surface area contributed by atoms with E-state index in [4.69, 9.17) is 9.47 Å². The first-order chi connectivity index (χ1) is 9.31. The number of aldehydes is 1. The van der Waals surface area contributed by atoms with Crippen molar-refractivity contribution in [2.24, 2.45) is 0 Å². The lowest BCUT2D eigenvalue weighted by molar-refractivity contribution is -0.111. The quantitative estimate of drug-likeness (QED) is 0.368. The summed E-state index contributed by atoms with van der Waals surface area (Å²) >= 11 is 0. The summed E-state index contributed by atoms with van der Waals surface area (Å²) in [5.74, 6) is 0. The Balaban J connectivity index is 3.12. The van der Waals surface area contributed by atoms with Crippen LogP contribution >= 0.6 is 0 Å². The fraction of sp³-hybridized carbons (Fsp3) is 0.933. The van der Waals surface area contributed by atoms with Crippen LogP contribution in [0.4, 0.5) is 0 Å². The van der Waals surface area contributed by atoms with Gasteiger partial charge in [-0.2, -0.15) is 0 Å². The zero-order valence-electron chi connectivity index (χ0n) is 12.3. The van der Waals surface area contributed by atoms with Crippen molar-refractivity contribution in [3.63, 3.8) is 0 Å². The Morgan fingerprint density at radius 3 is 2.05 bits per heavy atom. The van der Waals surface area contributed by atoms with Gasteiger partial charge in [0.15, 0.2) is 0 Å². The Bertz CT molecular complexity index is 185. The average Bonchev–Trinajstić information content (AvgIpc) is 2.41. The maximum absolute atomic E-state index is 10.0. The van der Waals surface area contributed by atoms with Crippen molar-refractivity contribution in [3.05, 3.63) is 0 Å². The second-order valence-corrected chi connectivity index (χ2v) is 4.79. The van der Waals surface area contributed by atoms with Crippen LogP contribution in [0, 0.1) is 0 Å². The molecule has 0 aliphatic rings. The summed E-state index contributed by atoms with van der Waals surface area (Å²) in [6.45, 7) is 4.48. The summed E-state index contributed by atoms with van der Waals surface area (Å²) in [6, 6.07) is 0. The van der Waals surface area contributed by atoms with Gasteiger partial charge in [-0.05, 0) is 32.6 Å². The highest BCUT2D eigenvalue weighted by Gasteiger charge is 2.03. The van der Waals surface area contributed by atoms with Crippen LogP contribution in [-0.2, 0) is 14.3 Å². The molecule has 1 atom stereocenters. The maximum Gasteiger partial charge on any atom is 0.145 e. The highest BCUT2D eigenvalue weighted by Crippen LogP contribution is 2.10. The van der Waals surface area contributed by atoms with E-state index in [1.165, 1.54) is 0 Å². The monoisotopic (exact) mass is 274 g/mol. The van der Waals surface area contributed by atoms with Gasteiger partial charge in [-0.15, -0.1) is 0 Å². The SMILES string of the molecule is CCOCCCCCC(O)CCCCCOCC=O. The molecule has 4 heteroatoms. The molecule has 0 aromatic carbocycles. The summed E-state index contributed by atoms with van der Waals surface area (Å²) in [5, 5.41) is 9.78. The fourth-order valence-corrected chi connectivity index (χ4v) is 1.94. The normalized spacial score (nSPS) is 12.5. The number of aliphatic hydroxyl groups excluding tert-OH is 1. The minimum Gasteiger partial charge on any atom is -0.393 e. The first-order valence-corrected chi connectivity index (χ1v) is 7.58. The van der Waals surface area contributed by atoms with E-state index >= 15 is 0 Å². The van der Waals surface area contributed by atoms with E-state index in [0.29, 0.717) is 6.61 Å². The molecular weight excluding hydrogens is 244 g/mol. The van der Waals surface area contributed by atoms with Crippen molar-refractivity contribution in [1.82, 2.24) is 0 Å². The third-order valence-electron chi connectivity index (χ3n) is 3.04. The lowest BCUT2D eigenvalue weighted by atomic mass is 10.0. The number of unbranched alkanes of at least 4 members (excludes halogenated alkanes) is 4. The van der Waals surface area contributed by atoms with E-state index in [1.807, 2.05) is 6.92 Å². The maximum atomic E-state index is 10.0. The molecule has 0 aliphatic carbocycles. The van der Waals surface area contributed by atoms with Crippen LogP contribution in [0.5, 0.6) is 0 Å². The third kappa shape index (κ3) is 15.5. The van der Waals surface area contributed by atoms with Gasteiger partial charge in [-0.1, -0.05) is 25.7 Å². The summed E-state index contributed by atoms with van der Waals surface area (Å²) in [4.78, 5) is 10.0. The van der Waals surface area contributed by atoms with Crippen LogP contribution < -0.4 is 0 Å². The van der Waals surface area contributed by atoms with E-state index in [1.54, 1.807) is 0 Å². The molecule has 0 bridgehead atoms. The van der Waals surface area contributed by atoms with Crippen molar-refractivity contribution in [2.75, 3.05) is 26.4 Å². The summed E-state index contributed by atoms with van der Waals surface area (Å²) in [5.41, 5.74) is 0. The average molecular weight is 274 g/mol. The smallest absolute Gasteiger partial charge is 0.145 e. The number of rotatable bonds is 15. The number of hydrogen-bond acceptors (Lipinski definition) is 4. The minimum absolute atomic E-state index is 0.164. The van der Waals surface area contributed by atoms with Gasteiger partial charge in [-0.25, -0.2) is 0 Å². The van der Waals surface area contributed by atoms with Crippen molar-refractivity contribution in [3.8, 4) is 0 Å². The fourth-order valence-electron chi connectivity index (χ4n) is 1.94. The molecule has 0 aliphatic heterocycles. The minimum atomic E-state index is -0.164. The van der Waals surface area contributed by atoms with Gasteiger partial charge < -0.3 is 19.4 Å². The Morgan fingerprint density at radius 1 is 0.947 bits per heavy atom. The predicted molar refractivity (Wildman–Crippen MR) is 76.3 cm³/mol. The molecule has 0 aromatic heterocycles. The van der Waals surface area contributed by atoms with E-state index in [2.05, 4.69) is 0 Å². The first kappa shape index (κ1) is 18.6. The van der Waals surface area contributed by atoms with Crippen LogP contribution in [0.25, 0.3) is 0 Å². The molecule has 1 N–H and O–H groups in total. The molecule has 0 saturated heterocycles. The number of ether oxygens (including phenoxy) is 2. The number of hydrogen-bond donors (Lipinski definition) is 1. The van der Waals surface area contributed by atoms with E-state index < -0.39 is 0 Å². The highest BCUT2D eigenvalue weighted by atomic mass is 16.5. The Hall–Kier alpha value is -0.450. The molecule has 0 aromatic rings. The second kappa shape index (κ2) is 15.6. The summed E-state index contributed by atoms with van der Waals surface area (Å²) in [7, 11) is 0. The molecule has 0 radical (unpaired) electrons. The van der Waals surface area contributed by atoms with Gasteiger partial charge in [0.2, 0.25) is 0 Å². The van der Waals surface area contributed by atoms with Crippen molar-refractivity contribution in [1.29, 1.82) is 0 Å². The number of carbonyl (C=O) groups is 1. The third-order valence-corrected chi connectivity index (χ3v) is 3.04. The van der Waals surface area contributed by atoms with Gasteiger partial charge in [0.25, 0.3) is 0 Å². The molecule has 4 nitrogen and oxygen atoms in total. The van der Waals surface area contributed by atoms with Crippen LogP contribution in [0.2, 0.25) is 0 Å². The molecule has 114 valence electrons. The molecule has 0 amide bonds. The lowest BCUT2D eigenvalue weighted by Gasteiger charge is -2.10. The van der Waals surface area contributed by atoms with Gasteiger partial charge >= 0.3 is 0 Å².